The molecule has 0 aliphatic carbocycles. The minimum absolute atomic E-state index is 0.151. The number of thioether (sulfide) groups is 1. The van der Waals surface area contributed by atoms with E-state index in [1.807, 2.05) is 52.4 Å². The van der Waals surface area contributed by atoms with Crippen molar-refractivity contribution in [3.8, 4) is 28.3 Å². The summed E-state index contributed by atoms with van der Waals surface area (Å²) in [6.07, 6.45) is 3.47. The lowest BCUT2D eigenvalue weighted by atomic mass is 10.0. The number of hydrogen-bond donors (Lipinski definition) is 1. The number of nitrogens with zero attached hydrogens (tertiary/aromatic N) is 5. The summed E-state index contributed by atoms with van der Waals surface area (Å²) in [5.41, 5.74) is 6.03. The van der Waals surface area contributed by atoms with Crippen LogP contribution in [0, 0.1) is 13.8 Å². The van der Waals surface area contributed by atoms with Crippen molar-refractivity contribution in [2.45, 2.75) is 19.0 Å². The Morgan fingerprint density at radius 3 is 2.71 bits per heavy atom. The summed E-state index contributed by atoms with van der Waals surface area (Å²) in [7, 11) is 0. The van der Waals surface area contributed by atoms with Gasteiger partial charge in [-0.05, 0) is 49.7 Å². The Hall–Kier alpha value is -3.82. The zero-order valence-electron chi connectivity index (χ0n) is 19.2. The molecule has 0 spiro atoms. The molecule has 1 amide bonds. The number of benzene rings is 2. The number of carbonyl (C=O) groups excluding carboxylic acids is 1. The molecule has 5 aromatic rings. The molecule has 0 unspecified atom stereocenters. The minimum atomic E-state index is -0.151. The van der Waals surface area contributed by atoms with Crippen LogP contribution in [0.15, 0.2) is 83.6 Å². The fourth-order valence-electron chi connectivity index (χ4n) is 3.61. The summed E-state index contributed by atoms with van der Waals surface area (Å²) < 4.78 is 1.94. The van der Waals surface area contributed by atoms with E-state index in [0.717, 1.165) is 28.1 Å². The third kappa shape index (κ3) is 5.16. The van der Waals surface area contributed by atoms with E-state index in [4.69, 9.17) is 0 Å². The van der Waals surface area contributed by atoms with Gasteiger partial charge < -0.3 is 5.32 Å². The van der Waals surface area contributed by atoms with Gasteiger partial charge >= 0.3 is 0 Å². The number of pyridine rings is 1. The Morgan fingerprint density at radius 2 is 1.91 bits per heavy atom. The van der Waals surface area contributed by atoms with Gasteiger partial charge in [-0.1, -0.05) is 47.7 Å². The second-order valence-electron chi connectivity index (χ2n) is 7.91. The lowest BCUT2D eigenvalue weighted by Gasteiger charge is -2.10. The van der Waals surface area contributed by atoms with Crippen molar-refractivity contribution in [3.05, 3.63) is 89.6 Å². The molecule has 5 rings (SSSR count). The maximum absolute atomic E-state index is 12.7. The summed E-state index contributed by atoms with van der Waals surface area (Å²) in [5, 5.41) is 14.8. The SMILES string of the molecule is Cc1ccc(C)c(-c2csc(NC(=O)CSc3nnc(-c4cccnc4)n3-c3ccccc3)n2)c1. The van der Waals surface area contributed by atoms with E-state index in [-0.39, 0.29) is 11.7 Å². The van der Waals surface area contributed by atoms with Gasteiger partial charge in [0.25, 0.3) is 0 Å². The number of para-hydroxylation sites is 1. The molecular weight excluding hydrogens is 476 g/mol. The van der Waals surface area contributed by atoms with E-state index in [9.17, 15) is 4.79 Å². The number of anilines is 1. The average Bonchev–Trinajstić information content (AvgIpc) is 3.52. The number of rotatable bonds is 7. The number of nitrogens with one attached hydrogen (secondary N) is 1. The van der Waals surface area contributed by atoms with Gasteiger partial charge in [-0.3, -0.25) is 14.3 Å². The molecule has 0 saturated carbocycles. The molecular formula is C26H22N6OS2. The zero-order valence-corrected chi connectivity index (χ0v) is 20.8. The normalized spacial score (nSPS) is 10.9. The highest BCUT2D eigenvalue weighted by atomic mass is 32.2. The maximum Gasteiger partial charge on any atom is 0.236 e. The summed E-state index contributed by atoms with van der Waals surface area (Å²) >= 11 is 2.74. The monoisotopic (exact) mass is 498 g/mol. The maximum atomic E-state index is 12.7. The number of aryl methyl sites for hydroxylation is 2. The number of amides is 1. The average molecular weight is 499 g/mol. The molecule has 3 heterocycles. The van der Waals surface area contributed by atoms with Gasteiger partial charge in [0, 0.05) is 34.6 Å². The van der Waals surface area contributed by atoms with Crippen LogP contribution in [0.3, 0.4) is 0 Å². The third-order valence-corrected chi connectivity index (χ3v) is 7.01. The third-order valence-electron chi connectivity index (χ3n) is 5.32. The molecule has 0 aliphatic rings. The van der Waals surface area contributed by atoms with Gasteiger partial charge in [-0.2, -0.15) is 0 Å². The Kier molecular flexibility index (Phi) is 6.69. The van der Waals surface area contributed by atoms with Crippen molar-refractivity contribution in [1.82, 2.24) is 24.7 Å². The fourth-order valence-corrected chi connectivity index (χ4v) is 5.09. The van der Waals surface area contributed by atoms with E-state index in [0.29, 0.717) is 16.1 Å². The highest BCUT2D eigenvalue weighted by Gasteiger charge is 2.18. The van der Waals surface area contributed by atoms with Crippen LogP contribution in [0.1, 0.15) is 11.1 Å². The predicted octanol–water partition coefficient (Wildman–Crippen LogP) is 5.80. The Bertz CT molecular complexity index is 1460. The number of carbonyl (C=O) groups is 1. The van der Waals surface area contributed by atoms with Crippen LogP contribution in [0.25, 0.3) is 28.3 Å². The molecule has 7 nitrogen and oxygen atoms in total. The van der Waals surface area contributed by atoms with Crippen LogP contribution < -0.4 is 5.32 Å². The summed E-state index contributed by atoms with van der Waals surface area (Å²) in [6, 6.07) is 19.9. The van der Waals surface area contributed by atoms with Gasteiger partial charge in [0.05, 0.1) is 11.4 Å². The van der Waals surface area contributed by atoms with Gasteiger partial charge in [0.1, 0.15) is 0 Å². The van der Waals surface area contributed by atoms with Crippen molar-refractivity contribution in [3.63, 3.8) is 0 Å². The second-order valence-corrected chi connectivity index (χ2v) is 9.71. The Morgan fingerprint density at radius 1 is 1.06 bits per heavy atom. The number of thiazole rings is 1. The summed E-state index contributed by atoms with van der Waals surface area (Å²) in [5.74, 6) is 0.698. The smallest absolute Gasteiger partial charge is 0.236 e. The largest absolute Gasteiger partial charge is 0.301 e. The summed E-state index contributed by atoms with van der Waals surface area (Å²) in [4.78, 5) is 21.6. The van der Waals surface area contributed by atoms with Crippen molar-refractivity contribution < 1.29 is 4.79 Å². The molecule has 0 saturated heterocycles. The molecule has 9 heteroatoms. The number of aromatic nitrogens is 5. The highest BCUT2D eigenvalue weighted by Crippen LogP contribution is 2.30. The van der Waals surface area contributed by atoms with Gasteiger partial charge in [-0.25, -0.2) is 4.98 Å². The Balaban J connectivity index is 1.32. The van der Waals surface area contributed by atoms with E-state index in [2.05, 4.69) is 57.5 Å². The topological polar surface area (TPSA) is 85.6 Å². The van der Waals surface area contributed by atoms with Gasteiger partial charge in [-0.15, -0.1) is 21.5 Å². The van der Waals surface area contributed by atoms with E-state index < -0.39 is 0 Å². The van der Waals surface area contributed by atoms with Crippen LogP contribution in [0.2, 0.25) is 0 Å². The van der Waals surface area contributed by atoms with Crippen molar-refractivity contribution in [1.29, 1.82) is 0 Å². The molecule has 2 aromatic carbocycles. The first-order valence-corrected chi connectivity index (χ1v) is 12.8. The first-order chi connectivity index (χ1) is 17.1. The molecule has 0 bridgehead atoms. The predicted molar refractivity (Wildman–Crippen MR) is 141 cm³/mol. The van der Waals surface area contributed by atoms with Gasteiger partial charge in [0.2, 0.25) is 5.91 Å². The lowest BCUT2D eigenvalue weighted by molar-refractivity contribution is -0.113. The molecule has 0 atom stereocenters. The van der Waals surface area contributed by atoms with Crippen LogP contribution in [0.4, 0.5) is 5.13 Å². The summed E-state index contributed by atoms with van der Waals surface area (Å²) in [6.45, 7) is 4.12. The molecule has 0 aliphatic heterocycles. The van der Waals surface area contributed by atoms with E-state index >= 15 is 0 Å². The lowest BCUT2D eigenvalue weighted by Crippen LogP contribution is -2.14. The molecule has 0 fully saturated rings. The van der Waals surface area contributed by atoms with Crippen LogP contribution in [0.5, 0.6) is 0 Å². The molecule has 35 heavy (non-hydrogen) atoms. The van der Waals surface area contributed by atoms with Crippen LogP contribution >= 0.6 is 23.1 Å². The minimum Gasteiger partial charge on any atom is -0.301 e. The second kappa shape index (κ2) is 10.2. The van der Waals surface area contributed by atoms with Gasteiger partial charge in [0.15, 0.2) is 16.1 Å². The van der Waals surface area contributed by atoms with Crippen LogP contribution in [-0.2, 0) is 4.79 Å². The standard InChI is InChI=1S/C26H22N6OS2/c1-17-10-11-18(2)21(13-17)22-15-34-25(28-22)29-23(33)16-35-26-31-30-24(19-7-6-12-27-14-19)32(26)20-8-4-3-5-9-20/h3-15H,16H2,1-2H3,(H,28,29,33). The first-order valence-electron chi connectivity index (χ1n) is 11.0. The zero-order chi connectivity index (χ0) is 24.2. The molecule has 3 aromatic heterocycles. The molecule has 174 valence electrons. The highest BCUT2D eigenvalue weighted by molar-refractivity contribution is 7.99. The number of hydrogen-bond acceptors (Lipinski definition) is 7. The molecule has 0 radical (unpaired) electrons. The van der Waals surface area contributed by atoms with E-state index in [1.54, 1.807) is 12.4 Å². The Labute approximate surface area is 211 Å². The van der Waals surface area contributed by atoms with Crippen molar-refractivity contribution >= 4 is 34.1 Å². The van der Waals surface area contributed by atoms with Crippen LogP contribution in [-0.4, -0.2) is 36.4 Å². The first kappa shape index (κ1) is 22.9. The fraction of sp³-hybridized carbons (Fsp3) is 0.115. The molecule has 1 N–H and O–H groups in total. The van der Waals surface area contributed by atoms with Crippen molar-refractivity contribution in [2.75, 3.05) is 11.1 Å². The van der Waals surface area contributed by atoms with Crippen molar-refractivity contribution in [2.24, 2.45) is 0 Å². The quantitative estimate of drug-likeness (QED) is 0.286. The van der Waals surface area contributed by atoms with E-state index in [1.165, 1.54) is 28.7 Å².